The largest absolute Gasteiger partial charge is 0.481 e. The molecule has 0 bridgehead atoms. The average molecular weight is 198 g/mol. The lowest BCUT2D eigenvalue weighted by Crippen LogP contribution is -2.17. The fourth-order valence-corrected chi connectivity index (χ4v) is 0.981. The first-order chi connectivity index (χ1) is 6.68. The number of carbonyl (C=O) groups is 1. The van der Waals surface area contributed by atoms with Crippen LogP contribution in [-0.2, 0) is 11.3 Å². The number of hydrogen-bond donors (Lipinski definition) is 2. The molecule has 14 heavy (non-hydrogen) atoms. The number of hydrogen-bond acceptors (Lipinski definition) is 3. The first-order valence-corrected chi connectivity index (χ1v) is 4.20. The van der Waals surface area contributed by atoms with Gasteiger partial charge in [-0.3, -0.25) is 9.78 Å². The highest BCUT2D eigenvalue weighted by Crippen LogP contribution is 1.99. The SMILES string of the molecule is O=C(O)CCNCc1cncc(F)c1. The molecule has 1 aromatic heterocycles. The zero-order valence-corrected chi connectivity index (χ0v) is 7.53. The predicted molar refractivity (Wildman–Crippen MR) is 48.2 cm³/mol. The minimum absolute atomic E-state index is 0.0583. The highest BCUT2D eigenvalue weighted by molar-refractivity contribution is 5.66. The van der Waals surface area contributed by atoms with E-state index in [2.05, 4.69) is 10.3 Å². The second kappa shape index (κ2) is 5.29. The minimum Gasteiger partial charge on any atom is -0.481 e. The quantitative estimate of drug-likeness (QED) is 0.686. The molecule has 0 aliphatic heterocycles. The lowest BCUT2D eigenvalue weighted by Gasteiger charge is -2.02. The van der Waals surface area contributed by atoms with Crippen LogP contribution in [0.2, 0.25) is 0 Å². The molecular weight excluding hydrogens is 187 g/mol. The molecule has 0 radical (unpaired) electrons. The van der Waals surface area contributed by atoms with E-state index >= 15 is 0 Å². The molecule has 0 aliphatic carbocycles. The van der Waals surface area contributed by atoms with E-state index in [1.165, 1.54) is 12.3 Å². The van der Waals surface area contributed by atoms with Crippen molar-refractivity contribution in [2.75, 3.05) is 6.54 Å². The van der Waals surface area contributed by atoms with Crippen molar-refractivity contribution >= 4 is 5.97 Å². The van der Waals surface area contributed by atoms with E-state index < -0.39 is 5.97 Å². The molecule has 0 aromatic carbocycles. The van der Waals surface area contributed by atoms with Crippen LogP contribution in [0.15, 0.2) is 18.5 Å². The van der Waals surface area contributed by atoms with Crippen molar-refractivity contribution in [3.8, 4) is 0 Å². The second-order valence-corrected chi connectivity index (χ2v) is 2.83. The normalized spacial score (nSPS) is 10.1. The van der Waals surface area contributed by atoms with E-state index in [9.17, 15) is 9.18 Å². The third-order valence-corrected chi connectivity index (χ3v) is 1.61. The summed E-state index contributed by atoms with van der Waals surface area (Å²) in [5.41, 5.74) is 0.704. The van der Waals surface area contributed by atoms with Crippen LogP contribution in [0.1, 0.15) is 12.0 Å². The summed E-state index contributed by atoms with van der Waals surface area (Å²) in [7, 11) is 0. The molecule has 0 amide bonds. The number of pyridine rings is 1. The molecule has 76 valence electrons. The van der Waals surface area contributed by atoms with E-state index in [0.717, 1.165) is 6.20 Å². The van der Waals surface area contributed by atoms with E-state index in [1.54, 1.807) is 0 Å². The van der Waals surface area contributed by atoms with Gasteiger partial charge in [0.2, 0.25) is 0 Å². The smallest absolute Gasteiger partial charge is 0.304 e. The van der Waals surface area contributed by atoms with Crippen molar-refractivity contribution in [1.29, 1.82) is 0 Å². The van der Waals surface area contributed by atoms with Gasteiger partial charge in [-0.05, 0) is 11.6 Å². The molecule has 0 atom stereocenters. The maximum absolute atomic E-state index is 12.6. The molecule has 2 N–H and O–H groups in total. The second-order valence-electron chi connectivity index (χ2n) is 2.83. The van der Waals surface area contributed by atoms with Gasteiger partial charge >= 0.3 is 5.97 Å². The van der Waals surface area contributed by atoms with Crippen molar-refractivity contribution in [3.05, 3.63) is 29.8 Å². The van der Waals surface area contributed by atoms with Gasteiger partial charge in [-0.25, -0.2) is 4.39 Å². The molecule has 0 saturated heterocycles. The number of carboxylic acids is 1. The first-order valence-electron chi connectivity index (χ1n) is 4.20. The van der Waals surface area contributed by atoms with Crippen LogP contribution < -0.4 is 5.32 Å². The highest BCUT2D eigenvalue weighted by atomic mass is 19.1. The Morgan fingerprint density at radius 2 is 2.36 bits per heavy atom. The van der Waals surface area contributed by atoms with Gasteiger partial charge in [0, 0.05) is 19.3 Å². The zero-order chi connectivity index (χ0) is 10.4. The summed E-state index contributed by atoms with van der Waals surface area (Å²) in [5.74, 6) is -1.24. The van der Waals surface area contributed by atoms with Gasteiger partial charge in [0.05, 0.1) is 12.6 Å². The van der Waals surface area contributed by atoms with E-state index in [0.29, 0.717) is 18.7 Å². The van der Waals surface area contributed by atoms with Crippen LogP contribution in [0, 0.1) is 5.82 Å². The summed E-state index contributed by atoms with van der Waals surface area (Å²) >= 11 is 0. The van der Waals surface area contributed by atoms with Gasteiger partial charge < -0.3 is 10.4 Å². The molecule has 1 rings (SSSR count). The van der Waals surface area contributed by atoms with Crippen LogP contribution in [0.3, 0.4) is 0 Å². The number of nitrogens with one attached hydrogen (secondary N) is 1. The molecule has 1 heterocycles. The Morgan fingerprint density at radius 3 is 3.00 bits per heavy atom. The molecule has 4 nitrogen and oxygen atoms in total. The summed E-state index contributed by atoms with van der Waals surface area (Å²) in [6.07, 6.45) is 2.72. The Kier molecular flexibility index (Phi) is 4.00. The molecule has 0 spiro atoms. The van der Waals surface area contributed by atoms with Crippen molar-refractivity contribution in [2.45, 2.75) is 13.0 Å². The van der Waals surface area contributed by atoms with Crippen LogP contribution in [0.25, 0.3) is 0 Å². The Hall–Kier alpha value is -1.49. The third kappa shape index (κ3) is 3.95. The Labute approximate surface area is 80.8 Å². The van der Waals surface area contributed by atoms with Gasteiger partial charge in [-0.2, -0.15) is 0 Å². The highest BCUT2D eigenvalue weighted by Gasteiger charge is 1.97. The fraction of sp³-hybridized carbons (Fsp3) is 0.333. The van der Waals surface area contributed by atoms with Crippen molar-refractivity contribution < 1.29 is 14.3 Å². The van der Waals surface area contributed by atoms with E-state index in [-0.39, 0.29) is 12.2 Å². The van der Waals surface area contributed by atoms with Crippen molar-refractivity contribution in [3.63, 3.8) is 0 Å². The Morgan fingerprint density at radius 1 is 1.57 bits per heavy atom. The van der Waals surface area contributed by atoms with Crippen LogP contribution in [0.4, 0.5) is 4.39 Å². The minimum atomic E-state index is -0.852. The number of rotatable bonds is 5. The lowest BCUT2D eigenvalue weighted by atomic mass is 10.3. The van der Waals surface area contributed by atoms with Gasteiger partial charge in [-0.1, -0.05) is 0 Å². The van der Waals surface area contributed by atoms with Crippen molar-refractivity contribution in [1.82, 2.24) is 10.3 Å². The summed E-state index contributed by atoms with van der Waals surface area (Å²) < 4.78 is 12.6. The summed E-state index contributed by atoms with van der Waals surface area (Å²) in [6, 6.07) is 1.36. The van der Waals surface area contributed by atoms with Gasteiger partial charge in [-0.15, -0.1) is 0 Å². The van der Waals surface area contributed by atoms with Gasteiger partial charge in [0.25, 0.3) is 0 Å². The lowest BCUT2D eigenvalue weighted by molar-refractivity contribution is -0.136. The number of halogens is 1. The summed E-state index contributed by atoms with van der Waals surface area (Å²) in [6.45, 7) is 0.796. The van der Waals surface area contributed by atoms with Crippen molar-refractivity contribution in [2.24, 2.45) is 0 Å². The number of aromatic nitrogens is 1. The van der Waals surface area contributed by atoms with Crippen LogP contribution >= 0.6 is 0 Å². The van der Waals surface area contributed by atoms with E-state index in [4.69, 9.17) is 5.11 Å². The monoisotopic (exact) mass is 198 g/mol. The molecule has 5 heteroatoms. The molecule has 0 saturated carbocycles. The van der Waals surface area contributed by atoms with E-state index in [1.807, 2.05) is 0 Å². The molecule has 0 aliphatic rings. The van der Waals surface area contributed by atoms with Crippen LogP contribution in [-0.4, -0.2) is 22.6 Å². The zero-order valence-electron chi connectivity index (χ0n) is 7.53. The molecule has 0 fully saturated rings. The van der Waals surface area contributed by atoms with Crippen LogP contribution in [0.5, 0.6) is 0 Å². The third-order valence-electron chi connectivity index (χ3n) is 1.61. The Bertz CT molecular complexity index is 317. The molecule has 1 aromatic rings. The standard InChI is InChI=1S/C9H11FN2O2/c10-8-3-7(5-12-6-8)4-11-2-1-9(13)14/h3,5-6,11H,1-2,4H2,(H,13,14). The predicted octanol–water partition coefficient (Wildman–Crippen LogP) is 0.785. The average Bonchev–Trinajstić information content (AvgIpc) is 2.12. The number of aliphatic carboxylic acids is 1. The molecule has 0 unspecified atom stereocenters. The first kappa shape index (κ1) is 10.6. The Balaban J connectivity index is 2.28. The number of nitrogens with zero attached hydrogens (tertiary/aromatic N) is 1. The topological polar surface area (TPSA) is 62.2 Å². The maximum atomic E-state index is 12.6. The summed E-state index contributed by atoms with van der Waals surface area (Å²) in [4.78, 5) is 13.8. The summed E-state index contributed by atoms with van der Waals surface area (Å²) in [5, 5.41) is 11.2. The maximum Gasteiger partial charge on any atom is 0.304 e. The number of carboxylic acid groups (broad SMARTS) is 1. The fourth-order valence-electron chi connectivity index (χ4n) is 0.981. The van der Waals surface area contributed by atoms with Gasteiger partial charge in [0.15, 0.2) is 0 Å². The molecular formula is C9H11FN2O2. The van der Waals surface area contributed by atoms with Gasteiger partial charge in [0.1, 0.15) is 5.82 Å².